The molecule has 24 heavy (non-hydrogen) atoms. The molecule has 0 aliphatic heterocycles. The van der Waals surface area contributed by atoms with E-state index in [1.807, 2.05) is 49.4 Å². The Kier molecular flexibility index (Phi) is 4.91. The number of hydrogen-bond acceptors (Lipinski definition) is 5. The van der Waals surface area contributed by atoms with E-state index in [4.69, 9.17) is 4.74 Å². The zero-order valence-corrected chi connectivity index (χ0v) is 14.7. The lowest BCUT2D eigenvalue weighted by atomic mass is 10.1. The van der Waals surface area contributed by atoms with Crippen molar-refractivity contribution in [3.05, 3.63) is 65.0 Å². The van der Waals surface area contributed by atoms with Crippen LogP contribution in [0.4, 0.5) is 5.13 Å². The Morgan fingerprint density at radius 2 is 1.79 bits per heavy atom. The fourth-order valence-electron chi connectivity index (χ4n) is 2.34. The largest absolute Gasteiger partial charge is 0.497 e. The first-order valence-electron chi connectivity index (χ1n) is 7.65. The van der Waals surface area contributed by atoms with Crippen molar-refractivity contribution in [2.75, 3.05) is 12.5 Å². The third-order valence-corrected chi connectivity index (χ3v) is 4.55. The van der Waals surface area contributed by atoms with Crippen LogP contribution in [0.3, 0.4) is 0 Å². The number of hydrazone groups is 1. The summed E-state index contributed by atoms with van der Waals surface area (Å²) in [7, 11) is 1.66. The first-order chi connectivity index (χ1) is 11.7. The molecule has 122 valence electrons. The van der Waals surface area contributed by atoms with Crippen LogP contribution in [-0.4, -0.2) is 17.8 Å². The van der Waals surface area contributed by atoms with E-state index in [-0.39, 0.29) is 0 Å². The van der Waals surface area contributed by atoms with Gasteiger partial charge in [-0.25, -0.2) is 4.98 Å². The standard InChI is InChI=1S/C19H19N3OS/c1-13(15-9-11-17(23-3)12-10-15)21-22-19-20-18(14(2)24-19)16-7-5-4-6-8-16/h4-12H,1-3H3,(H,20,22)/b21-13+. The molecule has 1 heterocycles. The molecule has 0 saturated carbocycles. The van der Waals surface area contributed by atoms with E-state index < -0.39 is 0 Å². The molecule has 1 aromatic heterocycles. The van der Waals surface area contributed by atoms with Gasteiger partial charge in [0.25, 0.3) is 0 Å². The van der Waals surface area contributed by atoms with Crippen molar-refractivity contribution in [2.45, 2.75) is 13.8 Å². The van der Waals surface area contributed by atoms with Gasteiger partial charge in [-0.15, -0.1) is 11.3 Å². The highest BCUT2D eigenvalue weighted by molar-refractivity contribution is 7.16. The molecule has 0 saturated heterocycles. The molecule has 0 radical (unpaired) electrons. The molecule has 1 N–H and O–H groups in total. The summed E-state index contributed by atoms with van der Waals surface area (Å²) >= 11 is 1.60. The van der Waals surface area contributed by atoms with Gasteiger partial charge in [-0.3, -0.25) is 5.43 Å². The molecule has 0 amide bonds. The van der Waals surface area contributed by atoms with E-state index in [9.17, 15) is 0 Å². The Morgan fingerprint density at radius 1 is 1.08 bits per heavy atom. The number of aryl methyl sites for hydroxylation is 1. The molecular weight excluding hydrogens is 318 g/mol. The van der Waals surface area contributed by atoms with Gasteiger partial charge in [0.05, 0.1) is 18.5 Å². The van der Waals surface area contributed by atoms with E-state index in [0.717, 1.165) is 33.4 Å². The molecular formula is C19H19N3OS. The van der Waals surface area contributed by atoms with Crippen LogP contribution in [-0.2, 0) is 0 Å². The number of rotatable bonds is 5. The second-order valence-electron chi connectivity index (χ2n) is 5.33. The highest BCUT2D eigenvalue weighted by Gasteiger charge is 2.09. The van der Waals surface area contributed by atoms with Crippen molar-refractivity contribution >= 4 is 22.2 Å². The second kappa shape index (κ2) is 7.27. The normalized spacial score (nSPS) is 11.4. The number of thiazole rings is 1. The summed E-state index contributed by atoms with van der Waals surface area (Å²) in [4.78, 5) is 5.82. The maximum atomic E-state index is 5.17. The second-order valence-corrected chi connectivity index (χ2v) is 6.53. The number of anilines is 1. The lowest BCUT2D eigenvalue weighted by Gasteiger charge is -2.03. The predicted octanol–water partition coefficient (Wildman–Crippen LogP) is 4.96. The highest BCUT2D eigenvalue weighted by Crippen LogP contribution is 2.30. The zero-order chi connectivity index (χ0) is 16.9. The molecule has 3 rings (SSSR count). The minimum Gasteiger partial charge on any atom is -0.497 e. The van der Waals surface area contributed by atoms with Crippen molar-refractivity contribution < 1.29 is 4.74 Å². The van der Waals surface area contributed by atoms with Crippen LogP contribution in [0.1, 0.15) is 17.4 Å². The fraction of sp³-hybridized carbons (Fsp3) is 0.158. The van der Waals surface area contributed by atoms with Gasteiger partial charge in [-0.2, -0.15) is 5.10 Å². The van der Waals surface area contributed by atoms with E-state index in [1.165, 1.54) is 4.88 Å². The van der Waals surface area contributed by atoms with Gasteiger partial charge in [-0.1, -0.05) is 30.3 Å². The van der Waals surface area contributed by atoms with Crippen LogP contribution < -0.4 is 10.2 Å². The van der Waals surface area contributed by atoms with Crippen molar-refractivity contribution in [1.29, 1.82) is 0 Å². The summed E-state index contributed by atoms with van der Waals surface area (Å²) in [5.41, 5.74) is 7.12. The van der Waals surface area contributed by atoms with E-state index >= 15 is 0 Å². The van der Waals surface area contributed by atoms with Gasteiger partial charge in [0.2, 0.25) is 5.13 Å². The maximum absolute atomic E-state index is 5.17. The third kappa shape index (κ3) is 3.63. The number of nitrogens with one attached hydrogen (secondary N) is 1. The summed E-state index contributed by atoms with van der Waals surface area (Å²) in [6, 6.07) is 18.0. The van der Waals surface area contributed by atoms with E-state index in [1.54, 1.807) is 18.4 Å². The monoisotopic (exact) mass is 337 g/mol. The first kappa shape index (κ1) is 16.2. The van der Waals surface area contributed by atoms with Gasteiger partial charge >= 0.3 is 0 Å². The van der Waals surface area contributed by atoms with E-state index in [2.05, 4.69) is 34.6 Å². The highest BCUT2D eigenvalue weighted by atomic mass is 32.1. The molecule has 4 nitrogen and oxygen atoms in total. The van der Waals surface area contributed by atoms with Crippen LogP contribution in [0.15, 0.2) is 59.7 Å². The predicted molar refractivity (Wildman–Crippen MR) is 101 cm³/mol. The van der Waals surface area contributed by atoms with Crippen LogP contribution in [0.25, 0.3) is 11.3 Å². The molecule has 5 heteroatoms. The summed E-state index contributed by atoms with van der Waals surface area (Å²) in [6.07, 6.45) is 0. The maximum Gasteiger partial charge on any atom is 0.204 e. The molecule has 0 spiro atoms. The zero-order valence-electron chi connectivity index (χ0n) is 13.9. The molecule has 0 atom stereocenters. The van der Waals surface area contributed by atoms with Crippen molar-refractivity contribution in [1.82, 2.24) is 4.98 Å². The van der Waals surface area contributed by atoms with Gasteiger partial charge in [-0.05, 0) is 43.7 Å². The number of methoxy groups -OCH3 is 1. The van der Waals surface area contributed by atoms with Gasteiger partial charge in [0, 0.05) is 10.4 Å². The van der Waals surface area contributed by atoms with Crippen LogP contribution in [0, 0.1) is 6.92 Å². The number of benzene rings is 2. The Bertz CT molecular complexity index is 839. The van der Waals surface area contributed by atoms with Crippen LogP contribution >= 0.6 is 11.3 Å². The van der Waals surface area contributed by atoms with Gasteiger partial charge < -0.3 is 4.74 Å². The molecule has 0 aliphatic rings. The van der Waals surface area contributed by atoms with Crippen molar-refractivity contribution in [2.24, 2.45) is 5.10 Å². The molecule has 0 bridgehead atoms. The number of ether oxygens (including phenoxy) is 1. The quantitative estimate of drug-likeness (QED) is 0.528. The Balaban J connectivity index is 1.76. The minimum absolute atomic E-state index is 0.791. The number of hydrogen-bond donors (Lipinski definition) is 1. The summed E-state index contributed by atoms with van der Waals surface area (Å²) in [6.45, 7) is 4.04. The third-order valence-electron chi connectivity index (χ3n) is 3.67. The average Bonchev–Trinajstić information content (AvgIpc) is 3.01. The first-order valence-corrected chi connectivity index (χ1v) is 8.46. The Labute approximate surface area is 145 Å². The number of aromatic nitrogens is 1. The molecule has 0 aliphatic carbocycles. The fourth-order valence-corrected chi connectivity index (χ4v) is 3.11. The van der Waals surface area contributed by atoms with E-state index in [0.29, 0.717) is 0 Å². The SMILES string of the molecule is COc1ccc(/C(C)=N/Nc2nc(-c3ccccc3)c(C)s2)cc1. The molecule has 0 fully saturated rings. The average molecular weight is 337 g/mol. The summed E-state index contributed by atoms with van der Waals surface area (Å²) in [5.74, 6) is 0.836. The van der Waals surface area contributed by atoms with Crippen LogP contribution in [0.5, 0.6) is 5.75 Å². The van der Waals surface area contributed by atoms with Gasteiger partial charge in [0.1, 0.15) is 5.75 Å². The Morgan fingerprint density at radius 3 is 2.46 bits per heavy atom. The topological polar surface area (TPSA) is 46.5 Å². The lowest BCUT2D eigenvalue weighted by Crippen LogP contribution is -1.99. The molecule has 0 unspecified atom stereocenters. The molecule has 2 aromatic carbocycles. The number of nitrogens with zero attached hydrogens (tertiary/aromatic N) is 2. The van der Waals surface area contributed by atoms with Crippen molar-refractivity contribution in [3.63, 3.8) is 0 Å². The van der Waals surface area contributed by atoms with Crippen LogP contribution in [0.2, 0.25) is 0 Å². The summed E-state index contributed by atoms with van der Waals surface area (Å²) in [5, 5.41) is 5.23. The lowest BCUT2D eigenvalue weighted by molar-refractivity contribution is 0.415. The smallest absolute Gasteiger partial charge is 0.204 e. The van der Waals surface area contributed by atoms with Gasteiger partial charge in [0.15, 0.2) is 0 Å². The Hall–Kier alpha value is -2.66. The molecule has 3 aromatic rings. The minimum atomic E-state index is 0.791. The summed E-state index contributed by atoms with van der Waals surface area (Å²) < 4.78 is 5.17. The van der Waals surface area contributed by atoms with Crippen molar-refractivity contribution in [3.8, 4) is 17.0 Å².